The van der Waals surface area contributed by atoms with Crippen LogP contribution >= 0.6 is 11.6 Å². The van der Waals surface area contributed by atoms with Crippen LogP contribution in [-0.4, -0.2) is 62.1 Å². The van der Waals surface area contributed by atoms with Crippen molar-refractivity contribution < 1.29 is 18.0 Å². The third kappa shape index (κ3) is 7.08. The summed E-state index contributed by atoms with van der Waals surface area (Å²) in [5, 5.41) is 3.39. The molecule has 0 aliphatic heterocycles. The molecule has 1 N–H and O–H groups in total. The van der Waals surface area contributed by atoms with Crippen LogP contribution in [0, 0.1) is 0 Å². The minimum atomic E-state index is -4.42. The molecule has 0 spiro atoms. The summed E-state index contributed by atoms with van der Waals surface area (Å²) in [6.07, 6.45) is -4.42. The van der Waals surface area contributed by atoms with Crippen molar-refractivity contribution in [3.05, 3.63) is 34.9 Å². The Bertz CT molecular complexity index is 575. The molecule has 1 amide bonds. The largest absolute Gasteiger partial charge is 0.406 e. The number of amides is 1. The predicted octanol–water partition coefficient (Wildman–Crippen LogP) is 2.37. The fourth-order valence-electron chi connectivity index (χ4n) is 1.97. The fourth-order valence-corrected chi connectivity index (χ4v) is 2.10. The van der Waals surface area contributed by atoms with Gasteiger partial charge in [0.05, 0.1) is 6.54 Å². The van der Waals surface area contributed by atoms with Crippen molar-refractivity contribution in [2.75, 3.05) is 34.2 Å². The van der Waals surface area contributed by atoms with Gasteiger partial charge in [-0.1, -0.05) is 23.7 Å². The lowest BCUT2D eigenvalue weighted by Gasteiger charge is -2.24. The summed E-state index contributed by atoms with van der Waals surface area (Å²) >= 11 is 5.83. The highest BCUT2D eigenvalue weighted by molar-refractivity contribution is 6.30. The number of alkyl halides is 3. The van der Waals surface area contributed by atoms with E-state index in [4.69, 9.17) is 11.6 Å². The zero-order valence-corrected chi connectivity index (χ0v) is 14.4. The lowest BCUT2D eigenvalue weighted by molar-refractivity contribution is -0.157. The van der Waals surface area contributed by atoms with Gasteiger partial charge >= 0.3 is 6.18 Å². The first kappa shape index (κ1) is 20.1. The molecule has 24 heavy (non-hydrogen) atoms. The number of nitrogens with one attached hydrogen (secondary N) is 1. The van der Waals surface area contributed by atoms with Crippen molar-refractivity contribution in [2.45, 2.75) is 12.7 Å². The summed E-state index contributed by atoms with van der Waals surface area (Å²) in [5.74, 6) is -0.271. The van der Waals surface area contributed by atoms with Gasteiger partial charge < -0.3 is 15.1 Å². The second-order valence-electron chi connectivity index (χ2n) is 5.25. The maximum absolute atomic E-state index is 12.3. The summed E-state index contributed by atoms with van der Waals surface area (Å²) in [4.78, 5) is 18.1. The lowest BCUT2D eigenvalue weighted by atomic mass is 10.2. The number of hydrogen-bond acceptors (Lipinski definition) is 2. The molecule has 0 atom stereocenters. The van der Waals surface area contributed by atoms with Crippen molar-refractivity contribution >= 4 is 23.5 Å². The monoisotopic (exact) mass is 364 g/mol. The standard InChI is InChI=1S/C15H20ClF3N4O/c1-20-14(21-8-13(24)23(3)10-15(17,18)19)22(2)9-11-4-6-12(16)7-5-11/h4-7H,8-10H2,1-3H3,(H,20,21). The normalized spacial score (nSPS) is 12.0. The van der Waals surface area contributed by atoms with E-state index in [0.29, 0.717) is 22.4 Å². The van der Waals surface area contributed by atoms with Crippen molar-refractivity contribution in [1.82, 2.24) is 15.1 Å². The minimum absolute atomic E-state index is 0.274. The van der Waals surface area contributed by atoms with Crippen LogP contribution in [0.5, 0.6) is 0 Å². The molecule has 0 fully saturated rings. The highest BCUT2D eigenvalue weighted by Crippen LogP contribution is 2.15. The van der Waals surface area contributed by atoms with E-state index in [1.54, 1.807) is 24.1 Å². The molecule has 0 bridgehead atoms. The molecular formula is C15H20ClF3N4O. The second kappa shape index (κ2) is 8.77. The SMILES string of the molecule is CN=C(NCC(=O)N(C)CC(F)(F)F)N(C)Cc1ccc(Cl)cc1. The van der Waals surface area contributed by atoms with Gasteiger partial charge in [-0.25, -0.2) is 0 Å². The Morgan fingerprint density at radius 1 is 1.21 bits per heavy atom. The van der Waals surface area contributed by atoms with Crippen LogP contribution in [0.15, 0.2) is 29.3 Å². The first-order valence-corrected chi connectivity index (χ1v) is 7.47. The maximum Gasteiger partial charge on any atom is 0.406 e. The molecule has 1 rings (SSSR count). The number of aliphatic imine (C=N–C) groups is 1. The molecule has 0 saturated heterocycles. The van der Waals surface area contributed by atoms with Crippen molar-refractivity contribution in [2.24, 2.45) is 4.99 Å². The van der Waals surface area contributed by atoms with E-state index in [-0.39, 0.29) is 6.54 Å². The van der Waals surface area contributed by atoms with E-state index in [0.717, 1.165) is 12.6 Å². The third-order valence-electron chi connectivity index (χ3n) is 3.15. The fraction of sp³-hybridized carbons (Fsp3) is 0.467. The van der Waals surface area contributed by atoms with Gasteiger partial charge in [0.1, 0.15) is 6.54 Å². The molecule has 1 aromatic carbocycles. The molecule has 5 nitrogen and oxygen atoms in total. The number of guanidine groups is 1. The second-order valence-corrected chi connectivity index (χ2v) is 5.68. The molecule has 0 heterocycles. The molecule has 0 aliphatic carbocycles. The summed E-state index contributed by atoms with van der Waals surface area (Å²) in [6.45, 7) is -1.06. The van der Waals surface area contributed by atoms with Gasteiger partial charge in [-0.05, 0) is 17.7 Å². The minimum Gasteiger partial charge on any atom is -0.347 e. The van der Waals surface area contributed by atoms with Gasteiger partial charge in [0, 0.05) is 32.7 Å². The summed E-state index contributed by atoms with van der Waals surface area (Å²) < 4.78 is 36.8. The van der Waals surface area contributed by atoms with Crippen LogP contribution in [0.4, 0.5) is 13.2 Å². The first-order chi connectivity index (χ1) is 11.1. The molecule has 0 aromatic heterocycles. The highest BCUT2D eigenvalue weighted by Gasteiger charge is 2.31. The third-order valence-corrected chi connectivity index (χ3v) is 3.40. The topological polar surface area (TPSA) is 47.9 Å². The molecule has 9 heteroatoms. The van der Waals surface area contributed by atoms with Crippen LogP contribution < -0.4 is 5.32 Å². The average molecular weight is 365 g/mol. The Hall–Kier alpha value is -1.96. The zero-order valence-electron chi connectivity index (χ0n) is 13.7. The molecular weight excluding hydrogens is 345 g/mol. The lowest BCUT2D eigenvalue weighted by Crippen LogP contribution is -2.45. The van der Waals surface area contributed by atoms with Crippen molar-refractivity contribution in [3.8, 4) is 0 Å². The maximum atomic E-state index is 12.3. The Labute approximate surface area is 144 Å². The van der Waals surface area contributed by atoms with E-state index < -0.39 is 18.6 Å². The number of halogens is 4. The van der Waals surface area contributed by atoms with Gasteiger partial charge in [-0.15, -0.1) is 0 Å². The summed E-state index contributed by atoms with van der Waals surface area (Å²) in [5.41, 5.74) is 0.977. The number of benzene rings is 1. The van der Waals surface area contributed by atoms with E-state index in [1.807, 2.05) is 12.1 Å². The number of likely N-dealkylation sites (N-methyl/N-ethyl adjacent to an activating group) is 1. The van der Waals surface area contributed by atoms with E-state index in [9.17, 15) is 18.0 Å². The number of rotatable bonds is 5. The molecule has 0 aliphatic rings. The van der Waals surface area contributed by atoms with Gasteiger partial charge in [0.2, 0.25) is 5.91 Å². The average Bonchev–Trinajstić information content (AvgIpc) is 2.48. The molecule has 0 saturated carbocycles. The van der Waals surface area contributed by atoms with Gasteiger partial charge in [-0.3, -0.25) is 9.79 Å². The number of carbonyl (C=O) groups is 1. The Balaban J connectivity index is 2.54. The van der Waals surface area contributed by atoms with Crippen LogP contribution in [0.2, 0.25) is 5.02 Å². The predicted molar refractivity (Wildman–Crippen MR) is 88.0 cm³/mol. The summed E-state index contributed by atoms with van der Waals surface area (Å²) in [7, 11) is 4.40. The number of carbonyl (C=O) groups excluding carboxylic acids is 1. The van der Waals surface area contributed by atoms with Gasteiger partial charge in [-0.2, -0.15) is 13.2 Å². The number of hydrogen-bond donors (Lipinski definition) is 1. The van der Waals surface area contributed by atoms with E-state index in [1.165, 1.54) is 7.05 Å². The van der Waals surface area contributed by atoms with E-state index >= 15 is 0 Å². The van der Waals surface area contributed by atoms with E-state index in [2.05, 4.69) is 10.3 Å². The Kier molecular flexibility index (Phi) is 7.34. The van der Waals surface area contributed by atoms with Crippen LogP contribution in [-0.2, 0) is 11.3 Å². The quantitative estimate of drug-likeness (QED) is 0.644. The molecule has 1 aromatic rings. The van der Waals surface area contributed by atoms with Crippen molar-refractivity contribution in [3.63, 3.8) is 0 Å². The van der Waals surface area contributed by atoms with Crippen molar-refractivity contribution in [1.29, 1.82) is 0 Å². The first-order valence-electron chi connectivity index (χ1n) is 7.09. The van der Waals surface area contributed by atoms with Gasteiger partial charge in [0.25, 0.3) is 0 Å². The van der Waals surface area contributed by atoms with Crippen LogP contribution in [0.25, 0.3) is 0 Å². The highest BCUT2D eigenvalue weighted by atomic mass is 35.5. The zero-order chi connectivity index (χ0) is 18.3. The van der Waals surface area contributed by atoms with Gasteiger partial charge in [0.15, 0.2) is 5.96 Å². The van der Waals surface area contributed by atoms with Crippen LogP contribution in [0.1, 0.15) is 5.56 Å². The number of nitrogens with zero attached hydrogens (tertiary/aromatic N) is 3. The Morgan fingerprint density at radius 3 is 2.29 bits per heavy atom. The summed E-state index contributed by atoms with van der Waals surface area (Å²) in [6, 6.07) is 7.23. The van der Waals surface area contributed by atoms with Crippen LogP contribution in [0.3, 0.4) is 0 Å². The smallest absolute Gasteiger partial charge is 0.347 e. The molecule has 134 valence electrons. The Morgan fingerprint density at radius 2 is 1.79 bits per heavy atom. The molecule has 0 unspecified atom stereocenters. The molecule has 0 radical (unpaired) electrons.